The molecule has 0 spiro atoms. The first-order chi connectivity index (χ1) is 14.0. The topological polar surface area (TPSA) is 77.5 Å². The fourth-order valence-electron chi connectivity index (χ4n) is 4.02. The fraction of sp³-hybridized carbons (Fsp3) is 0.737. The van der Waals surface area contributed by atoms with Gasteiger partial charge >= 0.3 is 6.18 Å². The van der Waals surface area contributed by atoms with Crippen LogP contribution in [-0.4, -0.2) is 66.1 Å². The summed E-state index contributed by atoms with van der Waals surface area (Å²) in [5.41, 5.74) is -0.954. The number of likely N-dealkylation sites (tertiary alicyclic amines) is 1. The first-order valence-corrected chi connectivity index (χ1v) is 10.3. The van der Waals surface area contributed by atoms with Crippen molar-refractivity contribution in [3.05, 3.63) is 18.0 Å². The molecular weight excluding hydrogens is 510 g/mol. The van der Waals surface area contributed by atoms with E-state index < -0.39 is 11.9 Å². The van der Waals surface area contributed by atoms with Gasteiger partial charge in [0.15, 0.2) is 5.96 Å². The van der Waals surface area contributed by atoms with E-state index in [9.17, 15) is 13.2 Å². The summed E-state index contributed by atoms with van der Waals surface area (Å²) >= 11 is 0. The van der Waals surface area contributed by atoms with Gasteiger partial charge in [-0.15, -0.1) is 24.0 Å². The Morgan fingerprint density at radius 1 is 1.17 bits per heavy atom. The maximum atomic E-state index is 12.7. The van der Waals surface area contributed by atoms with Crippen LogP contribution < -0.4 is 16.0 Å². The van der Waals surface area contributed by atoms with E-state index in [1.807, 2.05) is 0 Å². The highest BCUT2D eigenvalue weighted by Gasteiger charge is 2.32. The summed E-state index contributed by atoms with van der Waals surface area (Å²) in [4.78, 5) is 14.2. The van der Waals surface area contributed by atoms with Gasteiger partial charge in [0.1, 0.15) is 5.69 Å². The monoisotopic (exact) mass is 541 g/mol. The maximum Gasteiger partial charge on any atom is 0.433 e. The molecule has 0 aromatic carbocycles. The number of nitrogens with one attached hydrogen (secondary N) is 3. The normalized spacial score (nSPS) is 19.4. The molecule has 1 aromatic rings. The van der Waals surface area contributed by atoms with E-state index in [1.165, 1.54) is 25.7 Å². The Kier molecular flexibility index (Phi) is 9.85. The number of aromatic nitrogens is 2. The molecular formula is C19H31F3IN7. The van der Waals surface area contributed by atoms with Crippen LogP contribution in [0, 0.1) is 0 Å². The summed E-state index contributed by atoms with van der Waals surface area (Å²) in [6, 6.07) is 2.02. The highest BCUT2D eigenvalue weighted by molar-refractivity contribution is 14.0. The molecule has 2 aliphatic rings. The molecule has 0 amide bonds. The molecule has 0 unspecified atom stereocenters. The predicted molar refractivity (Wildman–Crippen MR) is 122 cm³/mol. The molecule has 30 heavy (non-hydrogen) atoms. The minimum absolute atomic E-state index is 0. The van der Waals surface area contributed by atoms with E-state index in [0.29, 0.717) is 25.1 Å². The zero-order valence-corrected chi connectivity index (χ0v) is 19.5. The second-order valence-electron chi connectivity index (χ2n) is 7.58. The van der Waals surface area contributed by atoms with Crippen LogP contribution in [-0.2, 0) is 6.18 Å². The SMILES string of the molecule is CN=C(NCCNc1nccc(C(F)(F)F)n1)NC1CCN(C2CCCC2)CC1.I. The van der Waals surface area contributed by atoms with E-state index in [0.717, 1.165) is 44.2 Å². The van der Waals surface area contributed by atoms with Crippen LogP contribution in [0.1, 0.15) is 44.2 Å². The lowest BCUT2D eigenvalue weighted by atomic mass is 10.0. The maximum absolute atomic E-state index is 12.7. The molecule has 3 N–H and O–H groups in total. The molecule has 3 rings (SSSR count). The number of guanidine groups is 1. The van der Waals surface area contributed by atoms with Gasteiger partial charge in [-0.2, -0.15) is 13.2 Å². The third-order valence-corrected chi connectivity index (χ3v) is 5.58. The Morgan fingerprint density at radius 3 is 2.50 bits per heavy atom. The number of rotatable bonds is 6. The Balaban J connectivity index is 0.00000320. The first kappa shape index (κ1) is 24.9. The number of piperidine rings is 1. The quantitative estimate of drug-likeness (QED) is 0.223. The molecule has 7 nitrogen and oxygen atoms in total. The predicted octanol–water partition coefficient (Wildman–Crippen LogP) is 3.10. The molecule has 1 aliphatic heterocycles. The van der Waals surface area contributed by atoms with Crippen molar-refractivity contribution in [2.45, 2.75) is 56.8 Å². The van der Waals surface area contributed by atoms with Crippen LogP contribution in [0.3, 0.4) is 0 Å². The van der Waals surface area contributed by atoms with E-state index in [2.05, 4.69) is 35.8 Å². The van der Waals surface area contributed by atoms with Gasteiger partial charge in [-0.05, 0) is 31.7 Å². The third kappa shape index (κ3) is 7.40. The van der Waals surface area contributed by atoms with Crippen molar-refractivity contribution in [3.63, 3.8) is 0 Å². The van der Waals surface area contributed by atoms with E-state index in [1.54, 1.807) is 7.05 Å². The minimum Gasteiger partial charge on any atom is -0.355 e. The Bertz CT molecular complexity index is 672. The summed E-state index contributed by atoms with van der Waals surface area (Å²) in [6.45, 7) is 3.10. The molecule has 2 fully saturated rings. The van der Waals surface area contributed by atoms with Crippen LogP contribution >= 0.6 is 24.0 Å². The number of halogens is 4. The number of anilines is 1. The van der Waals surface area contributed by atoms with E-state index in [-0.39, 0.29) is 29.9 Å². The standard InChI is InChI=1S/C19H30F3N7.HI/c1-23-17(27-14-7-12-29(13-8-14)15-4-2-3-5-15)25-10-11-26-18-24-9-6-16(28-18)19(20,21)22;/h6,9,14-15H,2-5,7-8,10-13H2,1H3,(H2,23,25,27)(H,24,26,28);1H. The van der Waals surface area contributed by atoms with Gasteiger partial charge in [-0.1, -0.05) is 12.8 Å². The van der Waals surface area contributed by atoms with Gasteiger partial charge in [-0.25, -0.2) is 9.97 Å². The molecule has 2 heterocycles. The van der Waals surface area contributed by atoms with Crippen molar-refractivity contribution in [2.75, 3.05) is 38.5 Å². The van der Waals surface area contributed by atoms with E-state index in [4.69, 9.17) is 0 Å². The highest BCUT2D eigenvalue weighted by Crippen LogP contribution is 2.27. The lowest BCUT2D eigenvalue weighted by molar-refractivity contribution is -0.141. The molecule has 0 bridgehead atoms. The molecule has 170 valence electrons. The number of nitrogens with zero attached hydrogens (tertiary/aromatic N) is 4. The van der Waals surface area contributed by atoms with Gasteiger partial charge < -0.3 is 20.9 Å². The lowest BCUT2D eigenvalue weighted by Gasteiger charge is -2.36. The average Bonchev–Trinajstić information content (AvgIpc) is 3.25. The minimum atomic E-state index is -4.48. The van der Waals surface area contributed by atoms with Gasteiger partial charge in [0.05, 0.1) is 0 Å². The smallest absolute Gasteiger partial charge is 0.355 e. The number of hydrogen-bond donors (Lipinski definition) is 3. The van der Waals surface area contributed by atoms with Crippen molar-refractivity contribution >= 4 is 35.9 Å². The van der Waals surface area contributed by atoms with Gasteiger partial charge in [0.25, 0.3) is 0 Å². The van der Waals surface area contributed by atoms with Crippen molar-refractivity contribution in [2.24, 2.45) is 4.99 Å². The first-order valence-electron chi connectivity index (χ1n) is 10.3. The molecule has 1 aromatic heterocycles. The zero-order chi connectivity index (χ0) is 20.7. The summed E-state index contributed by atoms with van der Waals surface area (Å²) in [5, 5.41) is 9.44. The van der Waals surface area contributed by atoms with Crippen molar-refractivity contribution < 1.29 is 13.2 Å². The second kappa shape index (κ2) is 11.9. The van der Waals surface area contributed by atoms with Gasteiger partial charge in [0, 0.05) is 51.5 Å². The van der Waals surface area contributed by atoms with Crippen LogP contribution in [0.4, 0.5) is 19.1 Å². The summed E-state index contributed by atoms with van der Waals surface area (Å²) in [6.07, 6.45) is 4.20. The number of hydrogen-bond acceptors (Lipinski definition) is 5. The van der Waals surface area contributed by atoms with Crippen LogP contribution in [0.5, 0.6) is 0 Å². The third-order valence-electron chi connectivity index (χ3n) is 5.58. The van der Waals surface area contributed by atoms with Gasteiger partial charge in [-0.3, -0.25) is 4.99 Å². The Hall–Kier alpha value is -1.37. The van der Waals surface area contributed by atoms with E-state index >= 15 is 0 Å². The Morgan fingerprint density at radius 2 is 1.87 bits per heavy atom. The summed E-state index contributed by atoms with van der Waals surface area (Å²) < 4.78 is 38.1. The van der Waals surface area contributed by atoms with Crippen molar-refractivity contribution in [1.29, 1.82) is 0 Å². The molecule has 11 heteroatoms. The number of alkyl halides is 3. The van der Waals surface area contributed by atoms with Crippen LogP contribution in [0.15, 0.2) is 17.3 Å². The number of aliphatic imine (C=N–C) groups is 1. The fourth-order valence-corrected chi connectivity index (χ4v) is 4.02. The highest BCUT2D eigenvalue weighted by atomic mass is 127. The van der Waals surface area contributed by atoms with Crippen LogP contribution in [0.25, 0.3) is 0 Å². The molecule has 0 atom stereocenters. The largest absolute Gasteiger partial charge is 0.433 e. The molecule has 1 saturated heterocycles. The average molecular weight is 541 g/mol. The van der Waals surface area contributed by atoms with Crippen molar-refractivity contribution in [1.82, 2.24) is 25.5 Å². The molecule has 1 aliphatic carbocycles. The Labute approximate surface area is 192 Å². The van der Waals surface area contributed by atoms with Gasteiger partial charge in [0.2, 0.25) is 5.95 Å². The molecule has 1 saturated carbocycles. The second-order valence-corrected chi connectivity index (χ2v) is 7.58. The van der Waals surface area contributed by atoms with Crippen LogP contribution in [0.2, 0.25) is 0 Å². The lowest BCUT2D eigenvalue weighted by Crippen LogP contribution is -2.50. The summed E-state index contributed by atoms with van der Waals surface area (Å²) in [5.74, 6) is 0.667. The van der Waals surface area contributed by atoms with Crippen molar-refractivity contribution in [3.8, 4) is 0 Å². The summed E-state index contributed by atoms with van der Waals surface area (Å²) in [7, 11) is 1.71. The molecule has 0 radical (unpaired) electrons. The zero-order valence-electron chi connectivity index (χ0n) is 17.2.